The zero-order valence-corrected chi connectivity index (χ0v) is 10.1. The standard InChI is InChI=1S/C12H11ClF3NO/c13-9(6-12(14,15)16)7-1-3-10-8(5-7)2-4-11(18)17-10/h1,3,5,9H,2,4,6H2,(H,17,18). The smallest absolute Gasteiger partial charge is 0.326 e. The molecule has 1 aliphatic rings. The molecule has 1 aliphatic heterocycles. The summed E-state index contributed by atoms with van der Waals surface area (Å²) in [5.41, 5.74) is 1.93. The molecular formula is C12H11ClF3NO. The summed E-state index contributed by atoms with van der Waals surface area (Å²) in [6.45, 7) is 0. The molecule has 0 bridgehead atoms. The van der Waals surface area contributed by atoms with Gasteiger partial charge in [0.15, 0.2) is 0 Å². The molecule has 98 valence electrons. The van der Waals surface area contributed by atoms with E-state index in [2.05, 4.69) is 5.32 Å². The Morgan fingerprint density at radius 1 is 1.33 bits per heavy atom. The highest BCUT2D eigenvalue weighted by atomic mass is 35.5. The minimum absolute atomic E-state index is 0.0760. The first-order valence-electron chi connectivity index (χ1n) is 5.48. The van der Waals surface area contributed by atoms with Gasteiger partial charge in [-0.3, -0.25) is 4.79 Å². The molecule has 1 amide bonds. The number of halogens is 4. The van der Waals surface area contributed by atoms with Crippen LogP contribution in [0.2, 0.25) is 0 Å². The van der Waals surface area contributed by atoms with E-state index >= 15 is 0 Å². The molecule has 1 atom stereocenters. The number of rotatable bonds is 2. The van der Waals surface area contributed by atoms with Gasteiger partial charge >= 0.3 is 6.18 Å². The van der Waals surface area contributed by atoms with Crippen LogP contribution in [0.1, 0.15) is 29.3 Å². The summed E-state index contributed by atoms with van der Waals surface area (Å²) in [6.07, 6.45) is -4.45. The van der Waals surface area contributed by atoms with Gasteiger partial charge in [-0.15, -0.1) is 11.6 Å². The normalized spacial score (nSPS) is 17.0. The number of benzene rings is 1. The molecule has 6 heteroatoms. The second-order valence-corrected chi connectivity index (χ2v) is 4.78. The van der Waals surface area contributed by atoms with Gasteiger partial charge in [0.25, 0.3) is 0 Å². The van der Waals surface area contributed by atoms with Crippen molar-refractivity contribution < 1.29 is 18.0 Å². The summed E-state index contributed by atoms with van der Waals surface area (Å²) in [4.78, 5) is 11.1. The number of fused-ring (bicyclic) bond motifs is 1. The van der Waals surface area contributed by atoms with E-state index in [4.69, 9.17) is 11.6 Å². The highest BCUT2D eigenvalue weighted by Crippen LogP contribution is 2.36. The average molecular weight is 278 g/mol. The second-order valence-electron chi connectivity index (χ2n) is 4.25. The first-order chi connectivity index (χ1) is 8.35. The summed E-state index contributed by atoms with van der Waals surface area (Å²) in [7, 11) is 0. The van der Waals surface area contributed by atoms with Crippen molar-refractivity contribution in [3.8, 4) is 0 Å². The van der Waals surface area contributed by atoms with Gasteiger partial charge in [0.2, 0.25) is 5.91 Å². The third-order valence-electron chi connectivity index (χ3n) is 2.80. The van der Waals surface area contributed by atoms with Crippen LogP contribution < -0.4 is 5.32 Å². The number of alkyl halides is 4. The van der Waals surface area contributed by atoms with Crippen molar-refractivity contribution in [2.75, 3.05) is 5.32 Å². The molecule has 0 aromatic heterocycles. The lowest BCUT2D eigenvalue weighted by Crippen LogP contribution is -2.19. The summed E-state index contributed by atoms with van der Waals surface area (Å²) < 4.78 is 36.7. The minimum atomic E-state index is -4.28. The Hall–Kier alpha value is -1.23. The van der Waals surface area contributed by atoms with Gasteiger partial charge in [0.1, 0.15) is 0 Å². The van der Waals surface area contributed by atoms with Gasteiger partial charge in [-0.05, 0) is 23.6 Å². The fourth-order valence-electron chi connectivity index (χ4n) is 1.92. The Morgan fingerprint density at radius 2 is 2.06 bits per heavy atom. The van der Waals surface area contributed by atoms with Crippen LogP contribution in [0.3, 0.4) is 0 Å². The van der Waals surface area contributed by atoms with E-state index in [-0.39, 0.29) is 5.91 Å². The number of hydrogen-bond donors (Lipinski definition) is 1. The van der Waals surface area contributed by atoms with E-state index in [1.54, 1.807) is 12.1 Å². The topological polar surface area (TPSA) is 29.1 Å². The van der Waals surface area contributed by atoms with Crippen LogP contribution in [0.15, 0.2) is 18.2 Å². The molecule has 2 rings (SSSR count). The molecular weight excluding hydrogens is 267 g/mol. The van der Waals surface area contributed by atoms with Crippen LogP contribution in [0, 0.1) is 0 Å². The van der Waals surface area contributed by atoms with Gasteiger partial charge in [-0.1, -0.05) is 12.1 Å². The van der Waals surface area contributed by atoms with Gasteiger partial charge in [0, 0.05) is 12.1 Å². The van der Waals surface area contributed by atoms with Crippen molar-refractivity contribution in [2.24, 2.45) is 0 Å². The zero-order chi connectivity index (χ0) is 13.3. The number of hydrogen-bond acceptors (Lipinski definition) is 1. The van der Waals surface area contributed by atoms with Crippen molar-refractivity contribution >= 4 is 23.2 Å². The number of nitrogens with one attached hydrogen (secondary N) is 1. The maximum absolute atomic E-state index is 12.2. The van der Waals surface area contributed by atoms with Gasteiger partial charge in [-0.2, -0.15) is 13.2 Å². The summed E-state index contributed by atoms with van der Waals surface area (Å²) in [5, 5.41) is 1.58. The molecule has 1 heterocycles. The fraction of sp³-hybridized carbons (Fsp3) is 0.417. The van der Waals surface area contributed by atoms with Crippen molar-refractivity contribution in [2.45, 2.75) is 30.8 Å². The molecule has 1 aromatic rings. The number of carbonyl (C=O) groups is 1. The van der Waals surface area contributed by atoms with E-state index in [0.717, 1.165) is 5.56 Å². The Balaban J connectivity index is 2.18. The largest absolute Gasteiger partial charge is 0.390 e. The predicted octanol–water partition coefficient (Wildman–Crippen LogP) is 3.80. The number of carbonyl (C=O) groups excluding carboxylic acids is 1. The molecule has 0 fully saturated rings. The third kappa shape index (κ3) is 3.16. The summed E-state index contributed by atoms with van der Waals surface area (Å²) >= 11 is 5.75. The van der Waals surface area contributed by atoms with Crippen molar-refractivity contribution in [3.05, 3.63) is 29.3 Å². The van der Waals surface area contributed by atoms with Gasteiger partial charge in [0.05, 0.1) is 11.8 Å². The van der Waals surface area contributed by atoms with E-state index in [9.17, 15) is 18.0 Å². The van der Waals surface area contributed by atoms with E-state index in [0.29, 0.717) is 24.1 Å². The number of anilines is 1. The van der Waals surface area contributed by atoms with Crippen molar-refractivity contribution in [1.82, 2.24) is 0 Å². The van der Waals surface area contributed by atoms with E-state index < -0.39 is 18.0 Å². The summed E-state index contributed by atoms with van der Waals surface area (Å²) in [6, 6.07) is 4.76. The summed E-state index contributed by atoms with van der Waals surface area (Å²) in [5.74, 6) is -0.0760. The fourth-order valence-corrected chi connectivity index (χ4v) is 2.23. The molecule has 18 heavy (non-hydrogen) atoms. The molecule has 1 N–H and O–H groups in total. The molecule has 0 aliphatic carbocycles. The third-order valence-corrected chi connectivity index (χ3v) is 3.20. The number of aryl methyl sites for hydroxylation is 1. The predicted molar refractivity (Wildman–Crippen MR) is 62.7 cm³/mol. The lowest BCUT2D eigenvalue weighted by atomic mass is 9.98. The Bertz CT molecular complexity index is 473. The van der Waals surface area contributed by atoms with Crippen LogP contribution >= 0.6 is 11.6 Å². The highest BCUT2D eigenvalue weighted by Gasteiger charge is 2.32. The Labute approximate surface area is 107 Å². The number of amides is 1. The maximum atomic E-state index is 12.2. The monoisotopic (exact) mass is 277 g/mol. The van der Waals surface area contributed by atoms with Crippen LogP contribution in [-0.4, -0.2) is 12.1 Å². The minimum Gasteiger partial charge on any atom is -0.326 e. The molecule has 1 unspecified atom stereocenters. The second kappa shape index (κ2) is 4.80. The molecule has 0 saturated carbocycles. The van der Waals surface area contributed by atoms with Crippen LogP contribution in [0.25, 0.3) is 0 Å². The van der Waals surface area contributed by atoms with E-state index in [1.165, 1.54) is 6.07 Å². The van der Waals surface area contributed by atoms with Crippen LogP contribution in [0.4, 0.5) is 18.9 Å². The SMILES string of the molecule is O=C1CCc2cc(C(Cl)CC(F)(F)F)ccc2N1. The molecule has 2 nitrogen and oxygen atoms in total. The van der Waals surface area contributed by atoms with Gasteiger partial charge in [-0.25, -0.2) is 0 Å². The average Bonchev–Trinajstić information content (AvgIpc) is 2.26. The lowest BCUT2D eigenvalue weighted by Gasteiger charge is -2.19. The first kappa shape index (κ1) is 13.2. The van der Waals surface area contributed by atoms with Crippen molar-refractivity contribution in [3.63, 3.8) is 0 Å². The maximum Gasteiger partial charge on any atom is 0.390 e. The molecule has 0 spiro atoms. The zero-order valence-electron chi connectivity index (χ0n) is 9.35. The van der Waals surface area contributed by atoms with E-state index in [1.807, 2.05) is 0 Å². The van der Waals surface area contributed by atoms with Crippen molar-refractivity contribution in [1.29, 1.82) is 0 Å². The Morgan fingerprint density at radius 3 is 2.72 bits per heavy atom. The Kier molecular flexibility index (Phi) is 3.52. The molecule has 0 saturated heterocycles. The van der Waals surface area contributed by atoms with Gasteiger partial charge < -0.3 is 5.32 Å². The quantitative estimate of drug-likeness (QED) is 0.819. The lowest BCUT2D eigenvalue weighted by molar-refractivity contribution is -0.134. The molecule has 1 aromatic carbocycles. The van der Waals surface area contributed by atoms with Crippen LogP contribution in [-0.2, 0) is 11.2 Å². The highest BCUT2D eigenvalue weighted by molar-refractivity contribution is 6.20. The molecule has 0 radical (unpaired) electrons. The van der Waals surface area contributed by atoms with Crippen LogP contribution in [0.5, 0.6) is 0 Å². The first-order valence-corrected chi connectivity index (χ1v) is 5.92.